The second-order valence-corrected chi connectivity index (χ2v) is 3.96. The van der Waals surface area contributed by atoms with Crippen LogP contribution in [0.2, 0.25) is 0 Å². The van der Waals surface area contributed by atoms with Crippen LogP contribution in [0.3, 0.4) is 0 Å². The van der Waals surface area contributed by atoms with Crippen molar-refractivity contribution in [3.63, 3.8) is 0 Å². The van der Waals surface area contributed by atoms with Crippen molar-refractivity contribution in [2.24, 2.45) is 0 Å². The molecule has 3 nitrogen and oxygen atoms in total. The zero-order chi connectivity index (χ0) is 11.6. The molecule has 0 unspecified atom stereocenters. The van der Waals surface area contributed by atoms with Gasteiger partial charge in [0.2, 0.25) is 0 Å². The number of nitrogens with zero attached hydrogens (tertiary/aromatic N) is 1. The minimum atomic E-state index is -2.89. The Balaban J connectivity index is 3.47. The van der Waals surface area contributed by atoms with Gasteiger partial charge in [0.15, 0.2) is 0 Å². The largest absolute Gasteiger partial charge is 0.478 e. The highest BCUT2D eigenvalue weighted by atomic mass is 127. The van der Waals surface area contributed by atoms with Crippen LogP contribution in [0.1, 0.15) is 28.0 Å². The molecule has 0 spiro atoms. The third kappa shape index (κ3) is 2.75. The Kier molecular flexibility index (Phi) is 4.21. The molecular formula is C8H5ClF2INO2. The molecule has 0 radical (unpaired) electrons. The number of carbonyl (C=O) groups is 1. The summed E-state index contributed by atoms with van der Waals surface area (Å²) in [5.74, 6) is -1.64. The van der Waals surface area contributed by atoms with Gasteiger partial charge in [-0.2, -0.15) is 0 Å². The predicted molar refractivity (Wildman–Crippen MR) is 58.4 cm³/mol. The van der Waals surface area contributed by atoms with Crippen LogP contribution in [0, 0.1) is 3.70 Å². The Morgan fingerprint density at radius 2 is 2.27 bits per heavy atom. The molecule has 1 rings (SSSR count). The molecule has 0 fully saturated rings. The third-order valence-electron chi connectivity index (χ3n) is 1.68. The fourth-order valence-electron chi connectivity index (χ4n) is 1.10. The van der Waals surface area contributed by atoms with E-state index in [-0.39, 0.29) is 11.6 Å². The Morgan fingerprint density at radius 3 is 2.67 bits per heavy atom. The van der Waals surface area contributed by atoms with E-state index < -0.39 is 23.5 Å². The van der Waals surface area contributed by atoms with E-state index in [1.807, 2.05) is 0 Å². The zero-order valence-corrected chi connectivity index (χ0v) is 10.1. The number of aromatic carboxylic acids is 1. The van der Waals surface area contributed by atoms with Crippen LogP contribution in [0.4, 0.5) is 8.78 Å². The molecule has 0 aromatic carbocycles. The van der Waals surface area contributed by atoms with E-state index in [1.54, 1.807) is 22.6 Å². The van der Waals surface area contributed by atoms with Crippen LogP contribution >= 0.6 is 34.2 Å². The van der Waals surface area contributed by atoms with Crippen LogP contribution < -0.4 is 0 Å². The van der Waals surface area contributed by atoms with Gasteiger partial charge in [0.25, 0.3) is 6.43 Å². The van der Waals surface area contributed by atoms with Gasteiger partial charge in [0.05, 0.1) is 22.7 Å². The summed E-state index contributed by atoms with van der Waals surface area (Å²) in [5, 5.41) is 8.75. The lowest BCUT2D eigenvalue weighted by Crippen LogP contribution is -2.09. The first kappa shape index (κ1) is 12.6. The predicted octanol–water partition coefficient (Wildman–Crippen LogP) is 3.06. The number of carboxylic acid groups (broad SMARTS) is 1. The molecule has 82 valence electrons. The smallest absolute Gasteiger partial charge is 0.336 e. The molecule has 0 aliphatic rings. The Morgan fingerprint density at radius 1 is 1.67 bits per heavy atom. The highest BCUT2D eigenvalue weighted by Crippen LogP contribution is 2.28. The average Bonchev–Trinajstić information content (AvgIpc) is 2.15. The molecule has 0 saturated heterocycles. The van der Waals surface area contributed by atoms with Crippen molar-refractivity contribution in [2.75, 3.05) is 0 Å². The molecule has 0 aliphatic heterocycles. The number of rotatable bonds is 3. The van der Waals surface area contributed by atoms with Gasteiger partial charge in [0.1, 0.15) is 3.70 Å². The molecule has 0 saturated carbocycles. The molecule has 1 N–H and O–H groups in total. The average molecular weight is 347 g/mol. The maximum atomic E-state index is 12.6. The van der Waals surface area contributed by atoms with E-state index in [0.29, 0.717) is 3.70 Å². The van der Waals surface area contributed by atoms with Crippen molar-refractivity contribution in [3.8, 4) is 0 Å². The number of hydrogen-bond donors (Lipinski definition) is 1. The maximum absolute atomic E-state index is 12.6. The van der Waals surface area contributed by atoms with Crippen molar-refractivity contribution < 1.29 is 18.7 Å². The highest BCUT2D eigenvalue weighted by Gasteiger charge is 2.23. The number of aromatic nitrogens is 1. The van der Waals surface area contributed by atoms with Crippen LogP contribution in [0.15, 0.2) is 6.07 Å². The molecule has 0 aliphatic carbocycles. The van der Waals surface area contributed by atoms with E-state index >= 15 is 0 Å². The van der Waals surface area contributed by atoms with E-state index in [1.165, 1.54) is 0 Å². The van der Waals surface area contributed by atoms with Crippen LogP contribution in [-0.4, -0.2) is 16.1 Å². The molecule has 1 aromatic heterocycles. The lowest BCUT2D eigenvalue weighted by Gasteiger charge is -2.09. The van der Waals surface area contributed by atoms with Gasteiger partial charge < -0.3 is 5.11 Å². The Bertz CT molecular complexity index is 400. The molecule has 0 atom stereocenters. The summed E-state index contributed by atoms with van der Waals surface area (Å²) in [6.45, 7) is 0. The Labute approximate surface area is 103 Å². The van der Waals surface area contributed by atoms with Crippen molar-refractivity contribution in [3.05, 3.63) is 26.6 Å². The van der Waals surface area contributed by atoms with Gasteiger partial charge in [-0.05, 0) is 28.7 Å². The molecular weight excluding hydrogens is 342 g/mol. The summed E-state index contributed by atoms with van der Waals surface area (Å²) in [5.41, 5.74) is -1.13. The SMILES string of the molecule is O=C(O)c1cc(I)nc(CCl)c1C(F)F. The van der Waals surface area contributed by atoms with Crippen LogP contribution in [-0.2, 0) is 5.88 Å². The molecule has 1 heterocycles. The summed E-state index contributed by atoms with van der Waals surface area (Å²) in [7, 11) is 0. The summed E-state index contributed by atoms with van der Waals surface area (Å²) < 4.78 is 25.5. The number of alkyl halides is 3. The van der Waals surface area contributed by atoms with Crippen LogP contribution in [0.25, 0.3) is 0 Å². The summed E-state index contributed by atoms with van der Waals surface area (Å²) in [6.07, 6.45) is -2.89. The molecule has 15 heavy (non-hydrogen) atoms. The number of carboxylic acids is 1. The van der Waals surface area contributed by atoms with Crippen molar-refractivity contribution in [1.82, 2.24) is 4.98 Å². The van der Waals surface area contributed by atoms with Crippen molar-refractivity contribution in [2.45, 2.75) is 12.3 Å². The first-order chi connectivity index (χ1) is 6.97. The second-order valence-electron chi connectivity index (χ2n) is 2.59. The van der Waals surface area contributed by atoms with Crippen molar-refractivity contribution in [1.29, 1.82) is 0 Å². The summed E-state index contributed by atoms with van der Waals surface area (Å²) in [6, 6.07) is 1.10. The van der Waals surface area contributed by atoms with E-state index in [0.717, 1.165) is 6.07 Å². The number of pyridine rings is 1. The number of halogens is 4. The molecule has 0 amide bonds. The van der Waals surface area contributed by atoms with Gasteiger partial charge in [0, 0.05) is 0 Å². The summed E-state index contributed by atoms with van der Waals surface area (Å²) in [4.78, 5) is 14.5. The van der Waals surface area contributed by atoms with Gasteiger partial charge in [-0.25, -0.2) is 18.6 Å². The van der Waals surface area contributed by atoms with E-state index in [9.17, 15) is 13.6 Å². The first-order valence-corrected chi connectivity index (χ1v) is 5.35. The quantitative estimate of drug-likeness (QED) is 0.519. The van der Waals surface area contributed by atoms with Gasteiger partial charge >= 0.3 is 5.97 Å². The third-order valence-corrected chi connectivity index (χ3v) is 2.49. The van der Waals surface area contributed by atoms with Gasteiger partial charge in [-0.15, -0.1) is 11.6 Å². The lowest BCUT2D eigenvalue weighted by molar-refractivity contribution is 0.0683. The minimum absolute atomic E-state index is 0.0871. The highest BCUT2D eigenvalue weighted by molar-refractivity contribution is 14.1. The fourth-order valence-corrected chi connectivity index (χ4v) is 1.90. The van der Waals surface area contributed by atoms with Crippen molar-refractivity contribution >= 4 is 40.2 Å². The van der Waals surface area contributed by atoms with E-state index in [2.05, 4.69) is 4.98 Å². The lowest BCUT2D eigenvalue weighted by atomic mass is 10.1. The minimum Gasteiger partial charge on any atom is -0.478 e. The molecule has 7 heteroatoms. The molecule has 1 aromatic rings. The topological polar surface area (TPSA) is 50.2 Å². The van der Waals surface area contributed by atoms with Crippen LogP contribution in [0.5, 0.6) is 0 Å². The maximum Gasteiger partial charge on any atom is 0.336 e. The first-order valence-electron chi connectivity index (χ1n) is 3.74. The standard InChI is InChI=1S/C8H5ClF2INO2/c9-2-4-6(7(10)11)3(8(14)15)1-5(12)13-4/h1,7H,2H2,(H,14,15). The monoisotopic (exact) mass is 347 g/mol. The van der Waals surface area contributed by atoms with Gasteiger partial charge in [-0.1, -0.05) is 0 Å². The fraction of sp³-hybridized carbons (Fsp3) is 0.250. The number of hydrogen-bond acceptors (Lipinski definition) is 2. The Hall–Kier alpha value is -0.500. The zero-order valence-electron chi connectivity index (χ0n) is 7.18. The second kappa shape index (κ2) is 5.02. The summed E-state index contributed by atoms with van der Waals surface area (Å²) >= 11 is 7.18. The normalized spacial score (nSPS) is 10.7. The van der Waals surface area contributed by atoms with E-state index in [4.69, 9.17) is 16.7 Å². The van der Waals surface area contributed by atoms with Gasteiger partial charge in [-0.3, -0.25) is 0 Å². The molecule has 0 bridgehead atoms.